The van der Waals surface area contributed by atoms with Crippen LogP contribution in [0.15, 0.2) is 78.9 Å². The molecule has 0 fully saturated rings. The van der Waals surface area contributed by atoms with E-state index in [9.17, 15) is 0 Å². The van der Waals surface area contributed by atoms with Crippen molar-refractivity contribution < 1.29 is 0 Å². The number of fused-ring (bicyclic) bond motifs is 1. The molecule has 3 heteroatoms. The van der Waals surface area contributed by atoms with Crippen LogP contribution in [-0.2, 0) is 11.8 Å². The van der Waals surface area contributed by atoms with Crippen molar-refractivity contribution in [3.8, 4) is 0 Å². The minimum Gasteiger partial charge on any atom is -0.328 e. The number of aryl methyl sites for hydroxylation is 1. The van der Waals surface area contributed by atoms with Gasteiger partial charge in [0.15, 0.2) is 0 Å². The van der Waals surface area contributed by atoms with Crippen molar-refractivity contribution >= 4 is 12.4 Å². The highest BCUT2D eigenvalue weighted by Crippen LogP contribution is 2.48. The molecule has 4 rings (SSSR count). The van der Waals surface area contributed by atoms with E-state index in [1.807, 2.05) is 0 Å². The molecular formula is C32H43ClN2. The Balaban J connectivity index is 0.00000342. The van der Waals surface area contributed by atoms with Crippen LogP contribution in [0.1, 0.15) is 92.5 Å². The fraction of sp³-hybridized carbons (Fsp3) is 0.438. The van der Waals surface area contributed by atoms with E-state index in [0.717, 1.165) is 12.8 Å². The molecule has 188 valence electrons. The standard InChI is InChI=1S/C32H42N2.ClH/c1-24(33)11-9-20-32(21-10-12-25(2)34)22-19-26-17-18-29(23-30(26)32)31(27-13-5-3-6-14-27)28-15-7-4-8-16-28;/h3-8,13-18,23-25,31H,9-12,19-22,33-34H2,1-2H3;1H. The second kappa shape index (κ2) is 12.7. The largest absolute Gasteiger partial charge is 0.328 e. The summed E-state index contributed by atoms with van der Waals surface area (Å²) >= 11 is 0. The van der Waals surface area contributed by atoms with Crippen molar-refractivity contribution in [3.63, 3.8) is 0 Å². The first-order chi connectivity index (χ1) is 16.5. The van der Waals surface area contributed by atoms with Crippen LogP contribution >= 0.6 is 12.4 Å². The molecule has 1 aliphatic rings. The van der Waals surface area contributed by atoms with Gasteiger partial charge in [0.05, 0.1) is 0 Å². The molecule has 0 saturated heterocycles. The summed E-state index contributed by atoms with van der Waals surface area (Å²) in [5.74, 6) is 0.249. The molecule has 2 atom stereocenters. The number of hydrogen-bond donors (Lipinski definition) is 2. The quantitative estimate of drug-likeness (QED) is 0.273. The molecule has 2 unspecified atom stereocenters. The number of halogens is 1. The summed E-state index contributed by atoms with van der Waals surface area (Å²) in [6.45, 7) is 4.27. The molecule has 0 aromatic heterocycles. The molecule has 0 amide bonds. The van der Waals surface area contributed by atoms with Crippen molar-refractivity contribution in [2.24, 2.45) is 11.5 Å². The van der Waals surface area contributed by atoms with E-state index in [4.69, 9.17) is 11.5 Å². The lowest BCUT2D eigenvalue weighted by atomic mass is 9.72. The van der Waals surface area contributed by atoms with Gasteiger partial charge in [-0.05, 0) is 85.6 Å². The summed E-state index contributed by atoms with van der Waals surface area (Å²) < 4.78 is 0. The van der Waals surface area contributed by atoms with Crippen LogP contribution in [0.3, 0.4) is 0 Å². The first-order valence-corrected chi connectivity index (χ1v) is 13.2. The van der Waals surface area contributed by atoms with Crippen LogP contribution in [-0.4, -0.2) is 12.1 Å². The van der Waals surface area contributed by atoms with E-state index in [1.54, 1.807) is 11.1 Å². The van der Waals surface area contributed by atoms with Crippen LogP contribution < -0.4 is 11.5 Å². The average Bonchev–Trinajstić information content (AvgIpc) is 3.18. The van der Waals surface area contributed by atoms with Crippen LogP contribution in [0.25, 0.3) is 0 Å². The van der Waals surface area contributed by atoms with Crippen molar-refractivity contribution in [1.29, 1.82) is 0 Å². The summed E-state index contributed by atoms with van der Waals surface area (Å²) in [6, 6.07) is 29.8. The van der Waals surface area contributed by atoms with Gasteiger partial charge in [-0.25, -0.2) is 0 Å². The zero-order valence-corrected chi connectivity index (χ0v) is 22.3. The Bertz CT molecular complexity index is 976. The Kier molecular flexibility index (Phi) is 9.98. The third kappa shape index (κ3) is 6.76. The second-order valence-electron chi connectivity index (χ2n) is 10.7. The Morgan fingerprint density at radius 1 is 0.714 bits per heavy atom. The normalized spacial score (nSPS) is 18.7. The lowest BCUT2D eigenvalue weighted by Crippen LogP contribution is -2.26. The zero-order chi connectivity index (χ0) is 24.0. The highest BCUT2D eigenvalue weighted by atomic mass is 35.5. The molecule has 4 N–H and O–H groups in total. The Hall–Kier alpha value is -2.13. The maximum atomic E-state index is 6.13. The Morgan fingerprint density at radius 3 is 1.71 bits per heavy atom. The third-order valence-corrected chi connectivity index (χ3v) is 7.81. The topological polar surface area (TPSA) is 52.0 Å². The molecule has 0 spiro atoms. The highest BCUT2D eigenvalue weighted by molar-refractivity contribution is 5.85. The Morgan fingerprint density at radius 2 is 1.23 bits per heavy atom. The lowest BCUT2D eigenvalue weighted by Gasteiger charge is -2.32. The van der Waals surface area contributed by atoms with Crippen molar-refractivity contribution in [2.45, 2.75) is 88.6 Å². The highest BCUT2D eigenvalue weighted by Gasteiger charge is 2.38. The minimum atomic E-state index is 0. The first-order valence-electron chi connectivity index (χ1n) is 13.2. The summed E-state index contributed by atoms with van der Waals surface area (Å²) in [6.07, 6.45) is 9.48. The van der Waals surface area contributed by atoms with Gasteiger partial charge in [-0.15, -0.1) is 12.4 Å². The third-order valence-electron chi connectivity index (χ3n) is 7.81. The molecule has 2 nitrogen and oxygen atoms in total. The van der Waals surface area contributed by atoms with Crippen LogP contribution in [0.2, 0.25) is 0 Å². The molecule has 0 radical (unpaired) electrons. The Labute approximate surface area is 218 Å². The molecule has 1 aliphatic carbocycles. The zero-order valence-electron chi connectivity index (χ0n) is 21.5. The van der Waals surface area contributed by atoms with Gasteiger partial charge in [0.25, 0.3) is 0 Å². The van der Waals surface area contributed by atoms with Gasteiger partial charge in [-0.3, -0.25) is 0 Å². The molecule has 3 aromatic carbocycles. The fourth-order valence-corrected chi connectivity index (χ4v) is 6.03. The van der Waals surface area contributed by atoms with Gasteiger partial charge in [-0.1, -0.05) is 91.7 Å². The van der Waals surface area contributed by atoms with E-state index in [1.165, 1.54) is 55.2 Å². The van der Waals surface area contributed by atoms with E-state index >= 15 is 0 Å². The van der Waals surface area contributed by atoms with Gasteiger partial charge < -0.3 is 11.5 Å². The monoisotopic (exact) mass is 490 g/mol. The van der Waals surface area contributed by atoms with Crippen LogP contribution in [0, 0.1) is 0 Å². The summed E-state index contributed by atoms with van der Waals surface area (Å²) in [5.41, 5.74) is 19.8. The number of rotatable bonds is 11. The maximum Gasteiger partial charge on any atom is 0.0340 e. The summed E-state index contributed by atoms with van der Waals surface area (Å²) in [7, 11) is 0. The van der Waals surface area contributed by atoms with Gasteiger partial charge in [0.2, 0.25) is 0 Å². The van der Waals surface area contributed by atoms with Crippen LogP contribution in [0.5, 0.6) is 0 Å². The molecule has 35 heavy (non-hydrogen) atoms. The average molecular weight is 491 g/mol. The molecule has 0 aliphatic heterocycles. The molecule has 3 aromatic rings. The maximum absolute atomic E-state index is 6.13. The van der Waals surface area contributed by atoms with Crippen molar-refractivity contribution in [1.82, 2.24) is 0 Å². The van der Waals surface area contributed by atoms with E-state index in [-0.39, 0.29) is 35.8 Å². The van der Waals surface area contributed by atoms with E-state index in [2.05, 4.69) is 92.7 Å². The lowest BCUT2D eigenvalue weighted by molar-refractivity contribution is 0.328. The predicted octanol–water partition coefficient (Wildman–Crippen LogP) is 7.51. The van der Waals surface area contributed by atoms with E-state index in [0.29, 0.717) is 0 Å². The van der Waals surface area contributed by atoms with Crippen molar-refractivity contribution in [2.75, 3.05) is 0 Å². The van der Waals surface area contributed by atoms with Crippen molar-refractivity contribution in [3.05, 3.63) is 107 Å². The van der Waals surface area contributed by atoms with Crippen LogP contribution in [0.4, 0.5) is 0 Å². The van der Waals surface area contributed by atoms with E-state index < -0.39 is 0 Å². The fourth-order valence-electron chi connectivity index (χ4n) is 6.03. The second-order valence-corrected chi connectivity index (χ2v) is 10.7. The first kappa shape index (κ1) is 27.5. The van der Waals surface area contributed by atoms with Gasteiger partial charge in [-0.2, -0.15) is 0 Å². The minimum absolute atomic E-state index is 0. The molecule has 0 heterocycles. The van der Waals surface area contributed by atoms with Gasteiger partial charge >= 0.3 is 0 Å². The molecule has 0 saturated carbocycles. The SMILES string of the molecule is CC(N)CCCC1(CCCC(C)N)CCc2ccc(C(c3ccccc3)c3ccccc3)cc21.Cl. The summed E-state index contributed by atoms with van der Waals surface area (Å²) in [4.78, 5) is 0. The number of benzene rings is 3. The number of hydrogen-bond acceptors (Lipinski definition) is 2. The summed E-state index contributed by atoms with van der Waals surface area (Å²) in [5, 5.41) is 0. The number of nitrogens with two attached hydrogens (primary N) is 2. The van der Waals surface area contributed by atoms with Gasteiger partial charge in [0.1, 0.15) is 0 Å². The smallest absolute Gasteiger partial charge is 0.0340 e. The molecule has 0 bridgehead atoms. The predicted molar refractivity (Wildman–Crippen MR) is 153 cm³/mol. The van der Waals surface area contributed by atoms with Gasteiger partial charge in [0, 0.05) is 18.0 Å². The molecular weight excluding hydrogens is 448 g/mol.